The van der Waals surface area contributed by atoms with Crippen LogP contribution >= 0.6 is 11.6 Å². The van der Waals surface area contributed by atoms with Crippen molar-refractivity contribution in [3.63, 3.8) is 0 Å². The standard InChI is InChI=1S/C21H25ClN2O3/c1-5-18(27-15-10-8-9-14(22)13-15)20(26)23-17-12-7-6-11-16(17)19(25)24-21(2,3)4/h6-13,18H,5H2,1-4H3,(H,23,26)(H,24,25)/t18-/m1/s1. The van der Waals surface area contributed by atoms with Gasteiger partial charge in [-0.15, -0.1) is 0 Å². The van der Waals surface area contributed by atoms with Gasteiger partial charge in [-0.1, -0.05) is 36.7 Å². The van der Waals surface area contributed by atoms with E-state index in [1.165, 1.54) is 0 Å². The molecule has 2 N–H and O–H groups in total. The lowest BCUT2D eigenvalue weighted by Gasteiger charge is -2.22. The van der Waals surface area contributed by atoms with Crippen LogP contribution in [0.5, 0.6) is 5.75 Å². The first-order valence-electron chi connectivity index (χ1n) is 8.84. The first-order valence-corrected chi connectivity index (χ1v) is 9.22. The van der Waals surface area contributed by atoms with E-state index in [0.29, 0.717) is 28.4 Å². The van der Waals surface area contributed by atoms with Crippen molar-refractivity contribution in [2.75, 3.05) is 5.32 Å². The van der Waals surface area contributed by atoms with E-state index in [1.807, 2.05) is 27.7 Å². The van der Waals surface area contributed by atoms with Gasteiger partial charge in [0, 0.05) is 10.6 Å². The van der Waals surface area contributed by atoms with Crippen molar-refractivity contribution in [1.29, 1.82) is 0 Å². The Morgan fingerprint density at radius 2 is 1.81 bits per heavy atom. The SMILES string of the molecule is CC[C@@H](Oc1cccc(Cl)c1)C(=O)Nc1ccccc1C(=O)NC(C)(C)C. The molecular weight excluding hydrogens is 364 g/mol. The van der Waals surface area contributed by atoms with Crippen LogP contribution in [-0.4, -0.2) is 23.5 Å². The van der Waals surface area contributed by atoms with Crippen LogP contribution < -0.4 is 15.4 Å². The normalized spacial score (nSPS) is 12.2. The van der Waals surface area contributed by atoms with Crippen LogP contribution in [0.15, 0.2) is 48.5 Å². The van der Waals surface area contributed by atoms with E-state index in [0.717, 1.165) is 0 Å². The van der Waals surface area contributed by atoms with Crippen LogP contribution in [0.1, 0.15) is 44.5 Å². The maximum atomic E-state index is 12.7. The summed E-state index contributed by atoms with van der Waals surface area (Å²) in [5, 5.41) is 6.24. The number of anilines is 1. The van der Waals surface area contributed by atoms with Crippen LogP contribution in [0.25, 0.3) is 0 Å². The lowest BCUT2D eigenvalue weighted by Crippen LogP contribution is -2.41. The lowest BCUT2D eigenvalue weighted by molar-refractivity contribution is -0.122. The third kappa shape index (κ3) is 6.29. The Balaban J connectivity index is 2.15. The molecule has 0 aromatic heterocycles. The number of rotatable bonds is 6. The minimum Gasteiger partial charge on any atom is -0.481 e. The van der Waals surface area contributed by atoms with Gasteiger partial charge in [0.2, 0.25) is 0 Å². The molecule has 5 nitrogen and oxygen atoms in total. The average molecular weight is 389 g/mol. The largest absolute Gasteiger partial charge is 0.481 e. The highest BCUT2D eigenvalue weighted by Gasteiger charge is 2.22. The number of para-hydroxylation sites is 1. The van der Waals surface area contributed by atoms with E-state index < -0.39 is 6.10 Å². The number of hydrogen-bond acceptors (Lipinski definition) is 3. The minimum absolute atomic E-state index is 0.248. The van der Waals surface area contributed by atoms with E-state index in [2.05, 4.69) is 10.6 Å². The van der Waals surface area contributed by atoms with Crippen molar-refractivity contribution in [3.8, 4) is 5.75 Å². The molecule has 0 aliphatic heterocycles. The summed E-state index contributed by atoms with van der Waals surface area (Å²) in [7, 11) is 0. The van der Waals surface area contributed by atoms with Crippen LogP contribution in [0.4, 0.5) is 5.69 Å². The summed E-state index contributed by atoms with van der Waals surface area (Å²) in [5.74, 6) is -0.0565. The van der Waals surface area contributed by atoms with Crippen molar-refractivity contribution in [3.05, 3.63) is 59.1 Å². The Hall–Kier alpha value is -2.53. The molecule has 0 saturated heterocycles. The minimum atomic E-state index is -0.706. The summed E-state index contributed by atoms with van der Waals surface area (Å²) >= 11 is 5.96. The van der Waals surface area contributed by atoms with E-state index in [-0.39, 0.29) is 17.4 Å². The number of hydrogen-bond donors (Lipinski definition) is 2. The quantitative estimate of drug-likeness (QED) is 0.755. The van der Waals surface area contributed by atoms with E-state index in [1.54, 1.807) is 48.5 Å². The zero-order valence-corrected chi connectivity index (χ0v) is 16.8. The Morgan fingerprint density at radius 3 is 2.44 bits per heavy atom. The van der Waals surface area contributed by atoms with E-state index in [4.69, 9.17) is 16.3 Å². The monoisotopic (exact) mass is 388 g/mol. The van der Waals surface area contributed by atoms with Gasteiger partial charge in [0.15, 0.2) is 6.10 Å². The molecule has 0 radical (unpaired) electrons. The molecule has 0 aliphatic carbocycles. The summed E-state index contributed by atoms with van der Waals surface area (Å²) in [6.07, 6.45) is -0.239. The van der Waals surface area contributed by atoms with Gasteiger partial charge < -0.3 is 15.4 Å². The zero-order chi connectivity index (χ0) is 20.0. The molecule has 6 heteroatoms. The van der Waals surface area contributed by atoms with Crippen molar-refractivity contribution in [2.45, 2.75) is 45.8 Å². The van der Waals surface area contributed by atoms with Crippen LogP contribution in [-0.2, 0) is 4.79 Å². The molecule has 0 unspecified atom stereocenters. The molecule has 1 atom stereocenters. The second-order valence-electron chi connectivity index (χ2n) is 7.21. The molecule has 2 rings (SSSR count). The number of carbonyl (C=O) groups is 2. The molecule has 0 saturated carbocycles. The molecule has 0 aliphatic rings. The number of benzene rings is 2. The Bertz CT molecular complexity index is 815. The zero-order valence-electron chi connectivity index (χ0n) is 16.0. The second-order valence-corrected chi connectivity index (χ2v) is 7.65. The van der Waals surface area contributed by atoms with Crippen molar-refractivity contribution < 1.29 is 14.3 Å². The summed E-state index contributed by atoms with van der Waals surface area (Å²) in [6.45, 7) is 7.56. The topological polar surface area (TPSA) is 67.4 Å². The maximum absolute atomic E-state index is 12.7. The molecule has 0 spiro atoms. The van der Waals surface area contributed by atoms with Gasteiger partial charge in [-0.3, -0.25) is 9.59 Å². The number of halogens is 1. The predicted molar refractivity (Wildman–Crippen MR) is 108 cm³/mol. The molecule has 0 heterocycles. The number of carbonyl (C=O) groups excluding carboxylic acids is 2. The van der Waals surface area contributed by atoms with Gasteiger partial charge in [0.25, 0.3) is 11.8 Å². The molecule has 2 aromatic carbocycles. The number of ether oxygens (including phenoxy) is 1. The van der Waals surface area contributed by atoms with E-state index >= 15 is 0 Å². The fourth-order valence-corrected chi connectivity index (χ4v) is 2.62. The van der Waals surface area contributed by atoms with Gasteiger partial charge in [0.1, 0.15) is 5.75 Å². The van der Waals surface area contributed by atoms with Crippen LogP contribution in [0.2, 0.25) is 5.02 Å². The van der Waals surface area contributed by atoms with Crippen molar-refractivity contribution >= 4 is 29.1 Å². The first-order chi connectivity index (χ1) is 12.7. The lowest BCUT2D eigenvalue weighted by atomic mass is 10.1. The van der Waals surface area contributed by atoms with E-state index in [9.17, 15) is 9.59 Å². The Labute approximate surface area is 165 Å². The second kappa shape index (κ2) is 8.91. The van der Waals surface area contributed by atoms with Gasteiger partial charge in [-0.2, -0.15) is 0 Å². The Kier molecular flexibility index (Phi) is 6.86. The van der Waals surface area contributed by atoms with Crippen LogP contribution in [0, 0.1) is 0 Å². The average Bonchev–Trinajstić information content (AvgIpc) is 2.58. The molecule has 2 amide bonds. The molecule has 2 aromatic rings. The molecule has 144 valence electrons. The first kappa shape index (κ1) is 20.8. The Morgan fingerprint density at radius 1 is 1.11 bits per heavy atom. The molecule has 0 bridgehead atoms. The van der Waals surface area contributed by atoms with Gasteiger partial charge in [-0.25, -0.2) is 0 Å². The molecule has 27 heavy (non-hydrogen) atoms. The van der Waals surface area contributed by atoms with Gasteiger partial charge in [0.05, 0.1) is 11.3 Å². The van der Waals surface area contributed by atoms with Crippen molar-refractivity contribution in [2.24, 2.45) is 0 Å². The molecule has 0 fully saturated rings. The third-order valence-electron chi connectivity index (χ3n) is 3.66. The van der Waals surface area contributed by atoms with Crippen LogP contribution in [0.3, 0.4) is 0 Å². The highest BCUT2D eigenvalue weighted by atomic mass is 35.5. The summed E-state index contributed by atoms with van der Waals surface area (Å²) in [6, 6.07) is 13.8. The van der Waals surface area contributed by atoms with Gasteiger partial charge in [-0.05, 0) is 57.5 Å². The summed E-state index contributed by atoms with van der Waals surface area (Å²) in [5.41, 5.74) is 0.464. The summed E-state index contributed by atoms with van der Waals surface area (Å²) < 4.78 is 5.76. The highest BCUT2D eigenvalue weighted by molar-refractivity contribution is 6.30. The fourth-order valence-electron chi connectivity index (χ4n) is 2.44. The predicted octanol–water partition coefficient (Wildman–Crippen LogP) is 4.66. The summed E-state index contributed by atoms with van der Waals surface area (Å²) in [4.78, 5) is 25.2. The number of amides is 2. The molecular formula is C21H25ClN2O3. The highest BCUT2D eigenvalue weighted by Crippen LogP contribution is 2.21. The van der Waals surface area contributed by atoms with Gasteiger partial charge >= 0.3 is 0 Å². The number of nitrogens with one attached hydrogen (secondary N) is 2. The third-order valence-corrected chi connectivity index (χ3v) is 3.89. The van der Waals surface area contributed by atoms with Crippen molar-refractivity contribution in [1.82, 2.24) is 5.32 Å². The fraction of sp³-hybridized carbons (Fsp3) is 0.333. The smallest absolute Gasteiger partial charge is 0.265 e. The maximum Gasteiger partial charge on any atom is 0.265 e.